The second-order valence-corrected chi connectivity index (χ2v) is 5.49. The Morgan fingerprint density at radius 3 is 2.58 bits per heavy atom. The van der Waals surface area contributed by atoms with Crippen LogP contribution >= 0.6 is 11.6 Å². The molecule has 1 saturated carbocycles. The highest BCUT2D eigenvalue weighted by Gasteiger charge is 2.22. The predicted octanol–water partition coefficient (Wildman–Crippen LogP) is 3.34. The third-order valence-corrected chi connectivity index (χ3v) is 3.77. The molecule has 0 saturated heterocycles. The van der Waals surface area contributed by atoms with Crippen molar-refractivity contribution in [2.24, 2.45) is 5.92 Å². The maximum atomic E-state index is 5.93. The summed E-state index contributed by atoms with van der Waals surface area (Å²) in [5, 5.41) is 6.72. The van der Waals surface area contributed by atoms with Gasteiger partial charge < -0.3 is 10.6 Å². The molecule has 1 aliphatic rings. The number of hydrogen-bond donors (Lipinski definition) is 2. The lowest BCUT2D eigenvalue weighted by molar-refractivity contribution is 0.480. The van der Waals surface area contributed by atoms with Crippen LogP contribution in [-0.4, -0.2) is 27.5 Å². The lowest BCUT2D eigenvalue weighted by atomic mass is 10.0. The average Bonchev–Trinajstić information content (AvgIpc) is 2.89. The molecule has 2 N–H and O–H groups in total. The molecule has 0 radical (unpaired) electrons. The highest BCUT2D eigenvalue weighted by Crippen LogP contribution is 2.28. The van der Waals surface area contributed by atoms with Gasteiger partial charge >= 0.3 is 0 Å². The molecule has 6 heteroatoms. The summed E-state index contributed by atoms with van der Waals surface area (Å²) >= 11 is 5.93. The number of rotatable bonds is 6. The van der Waals surface area contributed by atoms with Crippen LogP contribution < -0.4 is 10.6 Å². The van der Waals surface area contributed by atoms with E-state index in [0.29, 0.717) is 23.9 Å². The molecule has 0 aliphatic heterocycles. The Hall–Kier alpha value is -1.10. The lowest BCUT2D eigenvalue weighted by Crippen LogP contribution is -2.25. The van der Waals surface area contributed by atoms with Crippen LogP contribution in [0.3, 0.4) is 0 Å². The molecule has 1 aromatic heterocycles. The van der Waals surface area contributed by atoms with Gasteiger partial charge in [-0.25, -0.2) is 0 Å². The molecule has 2 rings (SSSR count). The minimum atomic E-state index is 0.231. The van der Waals surface area contributed by atoms with E-state index in [-0.39, 0.29) is 5.28 Å². The van der Waals surface area contributed by atoms with Crippen LogP contribution in [0.25, 0.3) is 0 Å². The Morgan fingerprint density at radius 2 is 1.89 bits per heavy atom. The van der Waals surface area contributed by atoms with Gasteiger partial charge in [-0.05, 0) is 43.7 Å². The molecule has 0 bridgehead atoms. The van der Waals surface area contributed by atoms with Gasteiger partial charge in [-0.2, -0.15) is 15.0 Å². The van der Waals surface area contributed by atoms with Crippen molar-refractivity contribution in [2.45, 2.75) is 52.0 Å². The number of nitrogens with one attached hydrogen (secondary N) is 2. The number of halogens is 1. The van der Waals surface area contributed by atoms with E-state index in [1.54, 1.807) is 0 Å². The predicted molar refractivity (Wildman–Crippen MR) is 78.7 cm³/mol. The van der Waals surface area contributed by atoms with E-state index < -0.39 is 0 Å². The van der Waals surface area contributed by atoms with Gasteiger partial charge in [0.25, 0.3) is 0 Å². The van der Waals surface area contributed by atoms with Crippen LogP contribution in [0, 0.1) is 5.92 Å². The van der Waals surface area contributed by atoms with E-state index in [2.05, 4.69) is 39.4 Å². The Balaban J connectivity index is 2.00. The van der Waals surface area contributed by atoms with Crippen LogP contribution in [0.4, 0.5) is 11.9 Å². The molecule has 1 aromatic rings. The van der Waals surface area contributed by atoms with Gasteiger partial charge in [0.05, 0.1) is 0 Å². The van der Waals surface area contributed by atoms with Crippen molar-refractivity contribution in [3.63, 3.8) is 0 Å². The monoisotopic (exact) mass is 283 g/mol. The topological polar surface area (TPSA) is 62.7 Å². The van der Waals surface area contributed by atoms with Crippen molar-refractivity contribution in [3.05, 3.63) is 5.28 Å². The zero-order valence-electron chi connectivity index (χ0n) is 11.6. The van der Waals surface area contributed by atoms with Crippen LogP contribution in [0.2, 0.25) is 5.28 Å². The van der Waals surface area contributed by atoms with Gasteiger partial charge in [0.1, 0.15) is 0 Å². The maximum absolute atomic E-state index is 5.93. The average molecular weight is 284 g/mol. The van der Waals surface area contributed by atoms with Gasteiger partial charge in [0.2, 0.25) is 17.2 Å². The van der Waals surface area contributed by atoms with E-state index in [0.717, 1.165) is 13.0 Å². The van der Waals surface area contributed by atoms with Crippen LogP contribution in [0.15, 0.2) is 0 Å². The van der Waals surface area contributed by atoms with Crippen molar-refractivity contribution >= 4 is 23.5 Å². The van der Waals surface area contributed by atoms with Crippen molar-refractivity contribution in [1.29, 1.82) is 0 Å². The van der Waals surface area contributed by atoms with Gasteiger partial charge in [-0.15, -0.1) is 0 Å². The van der Waals surface area contributed by atoms with Crippen LogP contribution in [0.5, 0.6) is 0 Å². The van der Waals surface area contributed by atoms with Crippen LogP contribution in [-0.2, 0) is 0 Å². The first-order valence-corrected chi connectivity index (χ1v) is 7.49. The van der Waals surface area contributed by atoms with Gasteiger partial charge in [0.15, 0.2) is 0 Å². The lowest BCUT2D eigenvalue weighted by Gasteiger charge is -2.20. The molecule has 5 nitrogen and oxygen atoms in total. The number of aromatic nitrogens is 3. The summed E-state index contributed by atoms with van der Waals surface area (Å²) in [6.07, 6.45) is 6.25. The minimum Gasteiger partial charge on any atom is -0.354 e. The largest absolute Gasteiger partial charge is 0.354 e. The summed E-state index contributed by atoms with van der Waals surface area (Å²) in [7, 11) is 0. The van der Waals surface area contributed by atoms with Crippen molar-refractivity contribution in [2.75, 3.05) is 17.2 Å². The van der Waals surface area contributed by atoms with E-state index in [1.165, 1.54) is 25.7 Å². The van der Waals surface area contributed by atoms with Gasteiger partial charge in [-0.1, -0.05) is 19.8 Å². The molecule has 0 amide bonds. The Bertz CT molecular complexity index is 406. The molecule has 106 valence electrons. The smallest absolute Gasteiger partial charge is 0.229 e. The van der Waals surface area contributed by atoms with Crippen molar-refractivity contribution in [1.82, 2.24) is 15.0 Å². The van der Waals surface area contributed by atoms with Crippen molar-refractivity contribution in [3.8, 4) is 0 Å². The highest BCUT2D eigenvalue weighted by molar-refractivity contribution is 6.28. The molecule has 0 spiro atoms. The minimum absolute atomic E-state index is 0.231. The first-order chi connectivity index (χ1) is 9.19. The fraction of sp³-hybridized carbons (Fsp3) is 0.769. The second kappa shape index (κ2) is 6.89. The zero-order chi connectivity index (χ0) is 13.7. The summed E-state index contributed by atoms with van der Waals surface area (Å²) in [6.45, 7) is 5.11. The Morgan fingerprint density at radius 1 is 1.21 bits per heavy atom. The van der Waals surface area contributed by atoms with Crippen molar-refractivity contribution < 1.29 is 0 Å². The Kier molecular flexibility index (Phi) is 5.19. The first kappa shape index (κ1) is 14.3. The first-order valence-electron chi connectivity index (χ1n) is 7.11. The zero-order valence-corrected chi connectivity index (χ0v) is 12.4. The molecular weight excluding hydrogens is 262 g/mol. The van der Waals surface area contributed by atoms with E-state index in [1.807, 2.05) is 0 Å². The molecule has 0 aromatic carbocycles. The summed E-state index contributed by atoms with van der Waals surface area (Å²) in [5.41, 5.74) is 0. The quantitative estimate of drug-likeness (QED) is 0.838. The third-order valence-electron chi connectivity index (χ3n) is 3.60. The van der Waals surface area contributed by atoms with E-state index >= 15 is 0 Å². The van der Waals surface area contributed by atoms with E-state index in [9.17, 15) is 0 Å². The molecule has 1 fully saturated rings. The Labute approximate surface area is 119 Å². The number of nitrogens with zero attached hydrogens (tertiary/aromatic N) is 3. The fourth-order valence-electron chi connectivity index (χ4n) is 2.51. The fourth-order valence-corrected chi connectivity index (χ4v) is 2.67. The summed E-state index contributed by atoms with van der Waals surface area (Å²) in [6, 6.07) is 0.375. The van der Waals surface area contributed by atoms with Crippen LogP contribution in [0.1, 0.15) is 46.0 Å². The normalized spacial score (nSPS) is 17.4. The maximum Gasteiger partial charge on any atom is 0.229 e. The third kappa shape index (κ3) is 4.20. The van der Waals surface area contributed by atoms with Gasteiger partial charge in [0, 0.05) is 12.6 Å². The molecule has 1 atom stereocenters. The summed E-state index contributed by atoms with van der Waals surface area (Å²) in [5.74, 6) is 1.82. The molecular formula is C13H22ClN5. The molecule has 1 unspecified atom stereocenters. The molecule has 1 aliphatic carbocycles. The SMILES string of the molecule is CCCNc1nc(Cl)nc(NC(C)C2CCCC2)n1. The van der Waals surface area contributed by atoms with E-state index in [4.69, 9.17) is 11.6 Å². The second-order valence-electron chi connectivity index (χ2n) is 5.16. The highest BCUT2D eigenvalue weighted by atomic mass is 35.5. The summed E-state index contributed by atoms with van der Waals surface area (Å²) in [4.78, 5) is 12.6. The number of hydrogen-bond acceptors (Lipinski definition) is 5. The standard InChI is InChI=1S/C13H22ClN5/c1-3-8-15-12-17-11(14)18-13(19-12)16-9(2)10-6-4-5-7-10/h9-10H,3-8H2,1-2H3,(H2,15,16,17,18,19). The summed E-state index contributed by atoms with van der Waals surface area (Å²) < 4.78 is 0. The van der Waals surface area contributed by atoms with Gasteiger partial charge in [-0.3, -0.25) is 0 Å². The molecule has 19 heavy (non-hydrogen) atoms. The molecule has 1 heterocycles. The number of anilines is 2.